The first-order valence-electron chi connectivity index (χ1n) is 7.95. The molecule has 22 heavy (non-hydrogen) atoms. The summed E-state index contributed by atoms with van der Waals surface area (Å²) < 4.78 is 5.31. The number of guanidine groups is 1. The van der Waals surface area contributed by atoms with Gasteiger partial charge in [0.2, 0.25) is 0 Å². The highest BCUT2D eigenvalue weighted by molar-refractivity contribution is 5.83. The summed E-state index contributed by atoms with van der Waals surface area (Å²) in [7, 11) is 0. The topological polar surface area (TPSA) is 90.7 Å². The summed E-state index contributed by atoms with van der Waals surface area (Å²) in [6, 6.07) is 8.38. The second kappa shape index (κ2) is 10.7. The molecule has 1 aromatic carbocycles. The number of rotatable bonds is 10. The predicted molar refractivity (Wildman–Crippen MR) is 89.3 cm³/mol. The third-order valence-electron chi connectivity index (χ3n) is 3.36. The minimum atomic E-state index is -0.786. The molecule has 5 heteroatoms. The van der Waals surface area contributed by atoms with Gasteiger partial charge in [-0.15, -0.1) is 0 Å². The summed E-state index contributed by atoms with van der Waals surface area (Å²) in [4.78, 5) is 16.2. The van der Waals surface area contributed by atoms with Gasteiger partial charge in [-0.3, -0.25) is 0 Å². The molecule has 0 aliphatic carbocycles. The number of benzene rings is 1. The van der Waals surface area contributed by atoms with Crippen LogP contribution in [0.25, 0.3) is 0 Å². The van der Waals surface area contributed by atoms with Crippen LogP contribution in [0.1, 0.15) is 57.1 Å². The molecule has 0 fully saturated rings. The van der Waals surface area contributed by atoms with Gasteiger partial charge in [0.05, 0.1) is 6.61 Å². The number of hydrogen-bond acceptors (Lipinski definition) is 3. The molecule has 0 aromatic heterocycles. The van der Waals surface area contributed by atoms with Gasteiger partial charge in [-0.1, -0.05) is 69.4 Å². The molecule has 0 saturated carbocycles. The third kappa shape index (κ3) is 7.11. The molecule has 1 aromatic rings. The Hall–Kier alpha value is -2.04. The zero-order chi connectivity index (χ0) is 16.2. The lowest BCUT2D eigenvalue weighted by Crippen LogP contribution is -2.26. The minimum Gasteiger partial charge on any atom is -0.464 e. The van der Waals surface area contributed by atoms with Gasteiger partial charge in [0, 0.05) is 0 Å². The van der Waals surface area contributed by atoms with Crippen molar-refractivity contribution in [3.63, 3.8) is 0 Å². The van der Waals surface area contributed by atoms with Crippen LogP contribution in [0.15, 0.2) is 35.3 Å². The van der Waals surface area contributed by atoms with Crippen molar-refractivity contribution in [3.05, 3.63) is 35.9 Å². The van der Waals surface area contributed by atoms with Gasteiger partial charge < -0.3 is 16.2 Å². The van der Waals surface area contributed by atoms with E-state index < -0.39 is 12.0 Å². The molecule has 5 nitrogen and oxygen atoms in total. The predicted octanol–water partition coefficient (Wildman–Crippen LogP) is 2.90. The normalized spacial score (nSPS) is 11.7. The van der Waals surface area contributed by atoms with Crippen molar-refractivity contribution >= 4 is 11.9 Å². The maximum Gasteiger partial charge on any atom is 0.335 e. The summed E-state index contributed by atoms with van der Waals surface area (Å²) in [5, 5.41) is 0. The van der Waals surface area contributed by atoms with Crippen molar-refractivity contribution < 1.29 is 9.53 Å². The molecule has 0 amide bonds. The summed E-state index contributed by atoms with van der Waals surface area (Å²) in [6.45, 7) is 2.60. The molecular formula is C17H27N3O2. The van der Waals surface area contributed by atoms with E-state index in [0.717, 1.165) is 18.4 Å². The van der Waals surface area contributed by atoms with Crippen molar-refractivity contribution in [2.45, 2.75) is 51.5 Å². The molecule has 0 saturated heterocycles. The molecule has 1 atom stereocenters. The fraction of sp³-hybridized carbons (Fsp3) is 0.529. The number of nitrogens with zero attached hydrogens (tertiary/aromatic N) is 1. The first-order valence-corrected chi connectivity index (χ1v) is 7.95. The van der Waals surface area contributed by atoms with Crippen molar-refractivity contribution in [2.24, 2.45) is 16.5 Å². The maximum absolute atomic E-state index is 12.2. The van der Waals surface area contributed by atoms with Crippen LogP contribution in [0.5, 0.6) is 0 Å². The van der Waals surface area contributed by atoms with Gasteiger partial charge in [-0.25, -0.2) is 9.79 Å². The smallest absolute Gasteiger partial charge is 0.335 e. The van der Waals surface area contributed by atoms with Gasteiger partial charge >= 0.3 is 5.97 Å². The molecule has 4 N–H and O–H groups in total. The number of esters is 1. The standard InChI is InChI=1S/C17H27N3O2/c1-2-3-4-5-6-10-13-22-16(21)15(20-17(18)19)14-11-8-7-9-12-14/h7-9,11-12,15H,2-6,10,13H2,1H3,(H4,18,19,20). The van der Waals surface area contributed by atoms with E-state index in [2.05, 4.69) is 11.9 Å². The second-order valence-corrected chi connectivity index (χ2v) is 5.30. The molecule has 0 aliphatic heterocycles. The van der Waals surface area contributed by atoms with Gasteiger partial charge in [0.1, 0.15) is 0 Å². The first-order chi connectivity index (χ1) is 10.6. The maximum atomic E-state index is 12.2. The Balaban J connectivity index is 2.44. The Morgan fingerprint density at radius 1 is 1.09 bits per heavy atom. The third-order valence-corrected chi connectivity index (χ3v) is 3.36. The van der Waals surface area contributed by atoms with Crippen LogP contribution in [-0.4, -0.2) is 18.5 Å². The minimum absolute atomic E-state index is 0.120. The number of carbonyl (C=O) groups excluding carboxylic acids is 1. The highest BCUT2D eigenvalue weighted by atomic mass is 16.5. The van der Waals surface area contributed by atoms with E-state index in [1.54, 1.807) is 0 Å². The van der Waals surface area contributed by atoms with Gasteiger partial charge in [-0.05, 0) is 12.0 Å². The number of aliphatic imine (C=N–C) groups is 1. The summed E-state index contributed by atoms with van der Waals surface area (Å²) in [6.07, 6.45) is 6.86. The van der Waals surface area contributed by atoms with Crippen LogP contribution in [0, 0.1) is 0 Å². The lowest BCUT2D eigenvalue weighted by molar-refractivity contribution is -0.145. The molecule has 0 bridgehead atoms. The number of hydrogen-bond donors (Lipinski definition) is 2. The van der Waals surface area contributed by atoms with E-state index in [1.165, 1.54) is 25.7 Å². The van der Waals surface area contributed by atoms with Crippen molar-refractivity contribution in [3.8, 4) is 0 Å². The second-order valence-electron chi connectivity index (χ2n) is 5.30. The Kier molecular flexibility index (Phi) is 8.72. The SMILES string of the molecule is CCCCCCCCOC(=O)C(N=C(N)N)c1ccccc1. The van der Waals surface area contributed by atoms with E-state index >= 15 is 0 Å². The molecule has 0 heterocycles. The number of nitrogens with two attached hydrogens (primary N) is 2. The van der Waals surface area contributed by atoms with Gasteiger partial charge in [0.15, 0.2) is 12.0 Å². The lowest BCUT2D eigenvalue weighted by Gasteiger charge is -2.13. The van der Waals surface area contributed by atoms with Crippen molar-refractivity contribution in [1.82, 2.24) is 0 Å². The highest BCUT2D eigenvalue weighted by Gasteiger charge is 2.21. The summed E-state index contributed by atoms with van der Waals surface area (Å²) in [5.74, 6) is -0.529. The summed E-state index contributed by atoms with van der Waals surface area (Å²) >= 11 is 0. The van der Waals surface area contributed by atoms with Crippen LogP contribution < -0.4 is 11.5 Å². The average molecular weight is 305 g/mol. The fourth-order valence-electron chi connectivity index (χ4n) is 2.18. The van der Waals surface area contributed by atoms with Crippen LogP contribution in [-0.2, 0) is 9.53 Å². The molecule has 1 unspecified atom stereocenters. The number of unbranched alkanes of at least 4 members (excludes halogenated alkanes) is 5. The van der Waals surface area contributed by atoms with Crippen molar-refractivity contribution in [1.29, 1.82) is 0 Å². The zero-order valence-electron chi connectivity index (χ0n) is 13.3. The highest BCUT2D eigenvalue weighted by Crippen LogP contribution is 2.19. The number of carbonyl (C=O) groups is 1. The van der Waals surface area contributed by atoms with Crippen LogP contribution in [0.3, 0.4) is 0 Å². The molecule has 0 aliphatic rings. The fourth-order valence-corrected chi connectivity index (χ4v) is 2.18. The van der Waals surface area contributed by atoms with E-state index in [9.17, 15) is 4.79 Å². The van der Waals surface area contributed by atoms with E-state index in [-0.39, 0.29) is 5.96 Å². The van der Waals surface area contributed by atoms with E-state index in [1.807, 2.05) is 30.3 Å². The average Bonchev–Trinajstić information content (AvgIpc) is 2.52. The Bertz CT molecular complexity index is 456. The van der Waals surface area contributed by atoms with Crippen molar-refractivity contribution in [2.75, 3.05) is 6.61 Å². The Morgan fingerprint density at radius 2 is 1.73 bits per heavy atom. The quantitative estimate of drug-likeness (QED) is 0.301. The lowest BCUT2D eigenvalue weighted by atomic mass is 10.1. The molecule has 122 valence electrons. The van der Waals surface area contributed by atoms with Crippen LogP contribution >= 0.6 is 0 Å². The van der Waals surface area contributed by atoms with E-state index in [0.29, 0.717) is 6.61 Å². The van der Waals surface area contributed by atoms with Gasteiger partial charge in [0.25, 0.3) is 0 Å². The van der Waals surface area contributed by atoms with Crippen LogP contribution in [0.4, 0.5) is 0 Å². The van der Waals surface area contributed by atoms with Crippen LogP contribution in [0.2, 0.25) is 0 Å². The zero-order valence-corrected chi connectivity index (χ0v) is 13.3. The van der Waals surface area contributed by atoms with Gasteiger partial charge in [-0.2, -0.15) is 0 Å². The Labute approximate surface area is 132 Å². The van der Waals surface area contributed by atoms with E-state index in [4.69, 9.17) is 16.2 Å². The molecule has 0 radical (unpaired) electrons. The first kappa shape index (κ1) is 18.0. The summed E-state index contributed by atoms with van der Waals surface area (Å²) in [5.41, 5.74) is 11.5. The number of ether oxygens (including phenoxy) is 1. The molecular weight excluding hydrogens is 278 g/mol. The monoisotopic (exact) mass is 305 g/mol. The Morgan fingerprint density at radius 3 is 2.36 bits per heavy atom. The molecule has 0 spiro atoms. The largest absolute Gasteiger partial charge is 0.464 e. The molecule has 1 rings (SSSR count).